The summed E-state index contributed by atoms with van der Waals surface area (Å²) in [5.74, 6) is 4.58. The van der Waals surface area contributed by atoms with E-state index in [1.807, 2.05) is 6.92 Å². The number of carbonyl (C=O) groups is 1. The second-order valence-corrected chi connectivity index (χ2v) is 11.9. The number of carbonyl (C=O) groups excluding carboxylic acids is 1. The molecule has 0 radical (unpaired) electrons. The Kier molecular flexibility index (Phi) is 5.61. The number of amides is 1. The molecule has 4 heteroatoms. The number of fused-ring (bicyclic) bond motifs is 5. The van der Waals surface area contributed by atoms with Crippen LogP contribution in [0, 0.1) is 52.3 Å². The number of rotatable bonds is 3. The highest BCUT2D eigenvalue weighted by molar-refractivity contribution is 5.94. The van der Waals surface area contributed by atoms with Gasteiger partial charge in [-0.15, -0.1) is 0 Å². The van der Waals surface area contributed by atoms with Gasteiger partial charge in [-0.3, -0.25) is 4.79 Å². The Morgan fingerprint density at radius 2 is 1.78 bits per heavy atom. The van der Waals surface area contributed by atoms with Crippen molar-refractivity contribution in [3.8, 4) is 6.07 Å². The van der Waals surface area contributed by atoms with Crippen molar-refractivity contribution in [3.05, 3.63) is 35.4 Å². The van der Waals surface area contributed by atoms with Crippen molar-refractivity contribution in [3.63, 3.8) is 0 Å². The van der Waals surface area contributed by atoms with E-state index < -0.39 is 5.60 Å². The van der Waals surface area contributed by atoms with E-state index in [0.717, 1.165) is 49.0 Å². The van der Waals surface area contributed by atoms with E-state index in [1.54, 1.807) is 24.3 Å². The summed E-state index contributed by atoms with van der Waals surface area (Å²) >= 11 is 0. The maximum atomic E-state index is 12.7. The van der Waals surface area contributed by atoms with Crippen LogP contribution in [0.25, 0.3) is 0 Å². The third-order valence-electron chi connectivity index (χ3n) is 10.2. The largest absolute Gasteiger partial charge is 0.390 e. The summed E-state index contributed by atoms with van der Waals surface area (Å²) < 4.78 is 0. The van der Waals surface area contributed by atoms with E-state index in [-0.39, 0.29) is 5.91 Å². The van der Waals surface area contributed by atoms with E-state index in [1.165, 1.54) is 44.9 Å². The van der Waals surface area contributed by atoms with Crippen molar-refractivity contribution >= 4 is 5.91 Å². The normalized spacial score (nSPS) is 42.8. The maximum absolute atomic E-state index is 12.7. The molecule has 5 rings (SSSR count). The molecule has 0 aromatic heterocycles. The summed E-state index contributed by atoms with van der Waals surface area (Å²) in [6.07, 6.45) is 11.0. The molecular formula is C28H38N2O2. The van der Waals surface area contributed by atoms with Gasteiger partial charge in [0.2, 0.25) is 0 Å². The van der Waals surface area contributed by atoms with Gasteiger partial charge in [-0.25, -0.2) is 0 Å². The summed E-state index contributed by atoms with van der Waals surface area (Å²) in [4.78, 5) is 12.7. The first-order chi connectivity index (χ1) is 15.3. The first-order valence-electron chi connectivity index (χ1n) is 12.8. The predicted molar refractivity (Wildman–Crippen MR) is 125 cm³/mol. The Balaban J connectivity index is 1.23. The lowest BCUT2D eigenvalue weighted by Crippen LogP contribution is -2.51. The number of nitriles is 1. The van der Waals surface area contributed by atoms with Gasteiger partial charge in [0.1, 0.15) is 0 Å². The van der Waals surface area contributed by atoms with E-state index in [0.29, 0.717) is 22.5 Å². The van der Waals surface area contributed by atoms with Crippen LogP contribution in [0.5, 0.6) is 0 Å². The first kappa shape index (κ1) is 22.0. The topological polar surface area (TPSA) is 73.1 Å². The van der Waals surface area contributed by atoms with Gasteiger partial charge in [-0.2, -0.15) is 5.26 Å². The fraction of sp³-hybridized carbons (Fsp3) is 0.714. The fourth-order valence-electron chi connectivity index (χ4n) is 8.54. The molecule has 0 saturated heterocycles. The molecule has 1 aromatic rings. The molecule has 4 aliphatic rings. The van der Waals surface area contributed by atoms with Crippen LogP contribution in [-0.2, 0) is 0 Å². The minimum atomic E-state index is -0.442. The highest BCUT2D eigenvalue weighted by Gasteiger charge is 2.57. The number of hydrogen-bond acceptors (Lipinski definition) is 3. The van der Waals surface area contributed by atoms with Gasteiger partial charge in [0.25, 0.3) is 5.91 Å². The Morgan fingerprint density at radius 3 is 2.53 bits per heavy atom. The Hall–Kier alpha value is -1.86. The molecule has 0 aliphatic heterocycles. The van der Waals surface area contributed by atoms with Gasteiger partial charge in [-0.1, -0.05) is 6.92 Å². The zero-order valence-corrected chi connectivity index (χ0v) is 19.6. The van der Waals surface area contributed by atoms with Gasteiger partial charge >= 0.3 is 0 Å². The van der Waals surface area contributed by atoms with Crippen LogP contribution in [0.2, 0.25) is 0 Å². The molecule has 4 fully saturated rings. The van der Waals surface area contributed by atoms with E-state index >= 15 is 0 Å². The van der Waals surface area contributed by atoms with E-state index in [9.17, 15) is 9.90 Å². The molecule has 1 aromatic carbocycles. The molecule has 0 unspecified atom stereocenters. The molecule has 172 valence electrons. The molecule has 0 spiro atoms. The maximum Gasteiger partial charge on any atom is 0.251 e. The molecule has 0 bridgehead atoms. The van der Waals surface area contributed by atoms with Crippen LogP contribution in [0.15, 0.2) is 24.3 Å². The van der Waals surface area contributed by atoms with E-state index in [2.05, 4.69) is 18.3 Å². The molecule has 32 heavy (non-hydrogen) atoms. The standard InChI is InChI=1S/C28H38N2O2/c1-27(32)13-11-22-20(15-27)7-9-24-23(22)12-14-28(2)21(8-10-25(24)28)17-30-26(31)19-5-3-18(16-29)4-6-19/h3-6,20-25,32H,7-15,17H2,1-2H3,(H,30,31)/t20-,21-,22+,23-,24-,25+,27-,28-/m1/s1. The lowest BCUT2D eigenvalue weighted by atomic mass is 9.49. The van der Waals surface area contributed by atoms with Crippen molar-refractivity contribution in [2.75, 3.05) is 6.54 Å². The quantitative estimate of drug-likeness (QED) is 0.677. The summed E-state index contributed by atoms with van der Waals surface area (Å²) in [7, 11) is 0. The van der Waals surface area contributed by atoms with E-state index in [4.69, 9.17) is 5.26 Å². The van der Waals surface area contributed by atoms with Crippen LogP contribution in [-0.4, -0.2) is 23.2 Å². The number of nitrogens with one attached hydrogen (secondary N) is 1. The Labute approximate surface area is 192 Å². The molecule has 1 amide bonds. The molecule has 4 nitrogen and oxygen atoms in total. The highest BCUT2D eigenvalue weighted by Crippen LogP contribution is 2.64. The van der Waals surface area contributed by atoms with Crippen LogP contribution < -0.4 is 5.32 Å². The third-order valence-corrected chi connectivity index (χ3v) is 10.2. The summed E-state index contributed by atoms with van der Waals surface area (Å²) in [5, 5.41) is 22.8. The smallest absolute Gasteiger partial charge is 0.251 e. The highest BCUT2D eigenvalue weighted by atomic mass is 16.3. The Morgan fingerprint density at radius 1 is 1.03 bits per heavy atom. The second-order valence-electron chi connectivity index (χ2n) is 11.9. The third kappa shape index (κ3) is 3.77. The molecule has 4 aliphatic carbocycles. The molecular weight excluding hydrogens is 396 g/mol. The van der Waals surface area contributed by atoms with Crippen LogP contribution >= 0.6 is 0 Å². The summed E-state index contributed by atoms with van der Waals surface area (Å²) in [6, 6.07) is 9.03. The fourth-order valence-corrected chi connectivity index (χ4v) is 8.54. The monoisotopic (exact) mass is 434 g/mol. The lowest BCUT2D eigenvalue weighted by molar-refractivity contribution is -0.0993. The molecule has 2 N–H and O–H groups in total. The summed E-state index contributed by atoms with van der Waals surface area (Å²) in [5.41, 5.74) is 1.12. The van der Waals surface area contributed by atoms with Gasteiger partial charge in [0.15, 0.2) is 0 Å². The number of nitrogens with zero attached hydrogens (tertiary/aromatic N) is 1. The van der Waals surface area contributed by atoms with Gasteiger partial charge in [0.05, 0.1) is 17.2 Å². The predicted octanol–water partition coefficient (Wildman–Crippen LogP) is 5.31. The average molecular weight is 435 g/mol. The van der Waals surface area contributed by atoms with Gasteiger partial charge < -0.3 is 10.4 Å². The van der Waals surface area contributed by atoms with Gasteiger partial charge in [-0.05, 0) is 130 Å². The van der Waals surface area contributed by atoms with Crippen molar-refractivity contribution in [2.24, 2.45) is 40.9 Å². The zero-order valence-electron chi connectivity index (χ0n) is 19.6. The SMILES string of the molecule is C[C@@]1(O)CC[C@H]2[C@H](CC[C@@H]3[C@@H]2CC[C@]2(C)[C@@H](CNC(=O)c4ccc(C#N)cc4)CC[C@@H]32)C1. The number of benzene rings is 1. The zero-order chi connectivity index (χ0) is 22.5. The van der Waals surface area contributed by atoms with Crippen LogP contribution in [0.3, 0.4) is 0 Å². The van der Waals surface area contributed by atoms with Crippen LogP contribution in [0.1, 0.15) is 87.6 Å². The minimum Gasteiger partial charge on any atom is -0.390 e. The Bertz CT molecular complexity index is 901. The number of hydrogen-bond donors (Lipinski definition) is 2. The first-order valence-corrected chi connectivity index (χ1v) is 12.8. The minimum absolute atomic E-state index is 0.0232. The lowest BCUT2D eigenvalue weighted by Gasteiger charge is -2.57. The molecule has 0 heterocycles. The van der Waals surface area contributed by atoms with Crippen molar-refractivity contribution in [1.29, 1.82) is 5.26 Å². The molecule has 8 atom stereocenters. The molecule has 4 saturated carbocycles. The van der Waals surface area contributed by atoms with Gasteiger partial charge in [0, 0.05) is 12.1 Å². The van der Waals surface area contributed by atoms with Crippen molar-refractivity contribution < 1.29 is 9.90 Å². The summed E-state index contributed by atoms with van der Waals surface area (Å²) in [6.45, 7) is 5.32. The second kappa shape index (κ2) is 8.17. The average Bonchev–Trinajstić information content (AvgIpc) is 3.12. The van der Waals surface area contributed by atoms with Crippen LogP contribution in [0.4, 0.5) is 0 Å². The van der Waals surface area contributed by atoms with Crippen molar-refractivity contribution in [1.82, 2.24) is 5.32 Å². The number of aliphatic hydroxyl groups is 1. The van der Waals surface area contributed by atoms with Crippen molar-refractivity contribution in [2.45, 2.75) is 77.2 Å².